The van der Waals surface area contributed by atoms with Crippen molar-refractivity contribution in [2.24, 2.45) is 0 Å². The molecule has 1 aromatic rings. The standard InChI is InChI=1S/C15H24O.H3O3P/c1-2-3-4-5-6-7-11-14-16-15-12-9-8-10-13-15;1-4(2)3/h8-10,12-13H,2-7,11,14H2,1H3;4H,(H2,1,2,3). The molecule has 0 heterocycles. The Morgan fingerprint density at radius 1 is 0.950 bits per heavy atom. The first-order chi connectivity index (χ1) is 9.66. The molecule has 116 valence electrons. The van der Waals surface area contributed by atoms with Gasteiger partial charge in [-0.25, -0.2) is 0 Å². The van der Waals surface area contributed by atoms with Crippen LogP contribution in [0.5, 0.6) is 5.75 Å². The van der Waals surface area contributed by atoms with Crippen LogP contribution in [0, 0.1) is 0 Å². The van der Waals surface area contributed by atoms with E-state index in [0.717, 1.165) is 12.4 Å². The number of para-hydroxylation sites is 1. The summed E-state index contributed by atoms with van der Waals surface area (Å²) in [5.41, 5.74) is 0. The van der Waals surface area contributed by atoms with Gasteiger partial charge in [-0.05, 0) is 18.6 Å². The number of hydrogen-bond donors (Lipinski definition) is 2. The third kappa shape index (κ3) is 15.2. The van der Waals surface area contributed by atoms with Gasteiger partial charge in [-0.3, -0.25) is 4.57 Å². The highest BCUT2D eigenvalue weighted by Crippen LogP contribution is 2.10. The minimum atomic E-state index is -3.13. The van der Waals surface area contributed by atoms with Crippen molar-refractivity contribution >= 4 is 8.25 Å². The van der Waals surface area contributed by atoms with E-state index in [1.165, 1.54) is 44.9 Å². The van der Waals surface area contributed by atoms with Crippen molar-refractivity contribution in [1.82, 2.24) is 0 Å². The molecule has 0 aliphatic rings. The lowest BCUT2D eigenvalue weighted by atomic mass is 10.1. The average Bonchev–Trinajstić information content (AvgIpc) is 2.42. The summed E-state index contributed by atoms with van der Waals surface area (Å²) in [5.74, 6) is 0.994. The van der Waals surface area contributed by atoms with E-state index in [-0.39, 0.29) is 0 Å². The second kappa shape index (κ2) is 14.6. The summed E-state index contributed by atoms with van der Waals surface area (Å²) in [7, 11) is -3.13. The van der Waals surface area contributed by atoms with Gasteiger partial charge >= 0.3 is 8.25 Å². The maximum absolute atomic E-state index is 8.74. The fourth-order valence-corrected chi connectivity index (χ4v) is 1.77. The third-order valence-electron chi connectivity index (χ3n) is 2.76. The van der Waals surface area contributed by atoms with Gasteiger partial charge in [0.15, 0.2) is 0 Å². The lowest BCUT2D eigenvalue weighted by molar-refractivity contribution is 0.304. The van der Waals surface area contributed by atoms with Crippen LogP contribution in [0.15, 0.2) is 30.3 Å². The van der Waals surface area contributed by atoms with Gasteiger partial charge in [0.1, 0.15) is 5.75 Å². The normalized spacial score (nSPS) is 10.0. The fraction of sp³-hybridized carbons (Fsp3) is 0.600. The molecular weight excluding hydrogens is 275 g/mol. The Balaban J connectivity index is 0.000000796. The van der Waals surface area contributed by atoms with Crippen molar-refractivity contribution in [3.8, 4) is 5.75 Å². The predicted octanol–water partition coefficient (Wildman–Crippen LogP) is 4.18. The Kier molecular flexibility index (Phi) is 14.0. The van der Waals surface area contributed by atoms with E-state index < -0.39 is 8.25 Å². The van der Waals surface area contributed by atoms with Gasteiger partial charge in [0, 0.05) is 0 Å². The second-order valence-corrected chi connectivity index (χ2v) is 5.13. The molecule has 2 N–H and O–H groups in total. The SMILES string of the molecule is CCCCCCCCCOc1ccccc1.O=[PH](O)O. The van der Waals surface area contributed by atoms with Gasteiger partial charge in [-0.15, -0.1) is 0 Å². The van der Waals surface area contributed by atoms with Crippen molar-refractivity contribution in [2.45, 2.75) is 51.9 Å². The Labute approximate surface area is 122 Å². The zero-order chi connectivity index (χ0) is 15.1. The molecule has 0 saturated carbocycles. The van der Waals surface area contributed by atoms with Crippen LogP contribution in [0.4, 0.5) is 0 Å². The molecule has 0 radical (unpaired) electrons. The van der Waals surface area contributed by atoms with Gasteiger partial charge in [0.25, 0.3) is 0 Å². The Bertz CT molecular complexity index is 326. The first-order valence-corrected chi connectivity index (χ1v) is 8.56. The summed E-state index contributed by atoms with van der Waals surface area (Å²) in [6.07, 6.45) is 9.35. The third-order valence-corrected chi connectivity index (χ3v) is 2.76. The van der Waals surface area contributed by atoms with E-state index >= 15 is 0 Å². The Hall–Kier alpha value is -0.830. The van der Waals surface area contributed by atoms with Crippen molar-refractivity contribution in [2.75, 3.05) is 6.61 Å². The molecule has 20 heavy (non-hydrogen) atoms. The zero-order valence-electron chi connectivity index (χ0n) is 12.3. The molecule has 0 saturated heterocycles. The van der Waals surface area contributed by atoms with Crippen LogP contribution in [0.3, 0.4) is 0 Å². The van der Waals surface area contributed by atoms with Crippen molar-refractivity contribution in [3.05, 3.63) is 30.3 Å². The molecule has 0 amide bonds. The van der Waals surface area contributed by atoms with E-state index in [4.69, 9.17) is 19.1 Å². The lowest BCUT2D eigenvalue weighted by Gasteiger charge is -2.05. The number of unbranched alkanes of at least 4 members (excludes halogenated alkanes) is 6. The van der Waals surface area contributed by atoms with Crippen molar-refractivity contribution < 1.29 is 19.1 Å². The number of benzene rings is 1. The van der Waals surface area contributed by atoms with E-state index in [0.29, 0.717) is 0 Å². The van der Waals surface area contributed by atoms with Crippen molar-refractivity contribution in [3.63, 3.8) is 0 Å². The topological polar surface area (TPSA) is 66.8 Å². The largest absolute Gasteiger partial charge is 0.494 e. The average molecular weight is 302 g/mol. The van der Waals surface area contributed by atoms with Crippen LogP contribution in [-0.4, -0.2) is 16.4 Å². The monoisotopic (exact) mass is 302 g/mol. The number of hydrogen-bond acceptors (Lipinski definition) is 2. The quantitative estimate of drug-likeness (QED) is 0.530. The molecule has 0 bridgehead atoms. The van der Waals surface area contributed by atoms with Gasteiger partial charge in [0.05, 0.1) is 6.61 Å². The molecule has 5 heteroatoms. The van der Waals surface area contributed by atoms with Gasteiger partial charge in [0.2, 0.25) is 0 Å². The predicted molar refractivity (Wildman–Crippen MR) is 83.4 cm³/mol. The summed E-state index contributed by atoms with van der Waals surface area (Å²) in [5, 5.41) is 0. The summed E-state index contributed by atoms with van der Waals surface area (Å²) >= 11 is 0. The lowest BCUT2D eigenvalue weighted by Crippen LogP contribution is -1.96. The molecule has 0 atom stereocenters. The van der Waals surface area contributed by atoms with Gasteiger partial charge < -0.3 is 14.5 Å². The maximum Gasteiger partial charge on any atom is 0.314 e. The van der Waals surface area contributed by atoms with Crippen LogP contribution in [-0.2, 0) is 4.57 Å². The first kappa shape index (κ1) is 19.2. The van der Waals surface area contributed by atoms with E-state index in [9.17, 15) is 0 Å². The van der Waals surface area contributed by atoms with Crippen LogP contribution in [0.2, 0.25) is 0 Å². The minimum Gasteiger partial charge on any atom is -0.494 e. The molecular formula is C15H27O4P. The summed E-state index contributed by atoms with van der Waals surface area (Å²) in [6, 6.07) is 10.1. The summed E-state index contributed by atoms with van der Waals surface area (Å²) in [4.78, 5) is 14.3. The molecule has 0 aliphatic heterocycles. The highest BCUT2D eigenvalue weighted by atomic mass is 31.1. The van der Waals surface area contributed by atoms with E-state index in [1.54, 1.807) is 0 Å². The van der Waals surface area contributed by atoms with Crippen LogP contribution in [0.1, 0.15) is 51.9 Å². The number of ether oxygens (including phenoxy) is 1. The highest BCUT2D eigenvalue weighted by Gasteiger charge is 1.93. The van der Waals surface area contributed by atoms with Gasteiger partial charge in [-0.1, -0.05) is 63.6 Å². The smallest absolute Gasteiger partial charge is 0.314 e. The molecule has 0 aromatic heterocycles. The van der Waals surface area contributed by atoms with Gasteiger partial charge in [-0.2, -0.15) is 0 Å². The second-order valence-electron chi connectivity index (χ2n) is 4.57. The molecule has 0 fully saturated rings. The first-order valence-electron chi connectivity index (χ1n) is 7.26. The van der Waals surface area contributed by atoms with Crippen LogP contribution < -0.4 is 4.74 Å². The van der Waals surface area contributed by atoms with Crippen LogP contribution in [0.25, 0.3) is 0 Å². The van der Waals surface area contributed by atoms with E-state index in [2.05, 4.69) is 6.92 Å². The van der Waals surface area contributed by atoms with Crippen LogP contribution >= 0.6 is 8.25 Å². The summed E-state index contributed by atoms with van der Waals surface area (Å²) < 4.78 is 14.4. The fourth-order valence-electron chi connectivity index (χ4n) is 1.77. The molecule has 0 aliphatic carbocycles. The molecule has 0 unspecified atom stereocenters. The molecule has 1 rings (SSSR count). The van der Waals surface area contributed by atoms with E-state index in [1.807, 2.05) is 30.3 Å². The number of rotatable bonds is 9. The highest BCUT2D eigenvalue weighted by molar-refractivity contribution is 7.30. The van der Waals surface area contributed by atoms with Crippen molar-refractivity contribution in [1.29, 1.82) is 0 Å². The molecule has 4 nitrogen and oxygen atoms in total. The minimum absolute atomic E-state index is 0.859. The maximum atomic E-state index is 8.74. The Morgan fingerprint density at radius 3 is 2.00 bits per heavy atom. The molecule has 0 spiro atoms. The zero-order valence-corrected chi connectivity index (χ0v) is 13.3. The summed E-state index contributed by atoms with van der Waals surface area (Å²) in [6.45, 7) is 3.12. The Morgan fingerprint density at radius 2 is 1.45 bits per heavy atom. The molecule has 1 aromatic carbocycles.